The van der Waals surface area contributed by atoms with E-state index in [4.69, 9.17) is 0 Å². The van der Waals surface area contributed by atoms with Gasteiger partial charge in [0.05, 0.1) is 5.35 Å². The molecule has 1 aliphatic rings. The SMILES string of the molecule is C=CC1=C(C(C)C)C=C(CCc2cc/c(=C/C)c(=C)n2)CC1.CC.CC. The van der Waals surface area contributed by atoms with Gasteiger partial charge in [0.15, 0.2) is 0 Å². The Morgan fingerprint density at radius 3 is 2.23 bits per heavy atom. The molecule has 0 amide bonds. The Hall–Kier alpha value is -1.89. The molecule has 0 radical (unpaired) electrons. The molecule has 0 bridgehead atoms. The molecule has 1 aliphatic carbocycles. The van der Waals surface area contributed by atoms with E-state index >= 15 is 0 Å². The first-order valence-corrected chi connectivity index (χ1v) is 10.2. The van der Waals surface area contributed by atoms with Gasteiger partial charge in [-0.05, 0) is 61.0 Å². The first kappa shape index (κ1) is 24.1. The summed E-state index contributed by atoms with van der Waals surface area (Å²) >= 11 is 0. The number of aromatic nitrogens is 1. The van der Waals surface area contributed by atoms with Crippen molar-refractivity contribution in [1.29, 1.82) is 0 Å². The van der Waals surface area contributed by atoms with Gasteiger partial charge in [-0.3, -0.25) is 4.98 Å². The standard InChI is InChI=1S/C21H27N.2C2H6/c1-6-18-11-13-20(22-16(18)5)12-9-17-8-10-19(7-2)21(14-17)15(3)4;2*1-2/h6-7,11,13-15H,2,5,8-10,12H2,1,3-4H3;2*1-2H3/b18-6-;;. The molecule has 0 fully saturated rings. The lowest BCUT2D eigenvalue weighted by Gasteiger charge is -2.21. The lowest BCUT2D eigenvalue weighted by atomic mass is 9.85. The molecule has 0 saturated heterocycles. The zero-order valence-electron chi connectivity index (χ0n) is 18.2. The van der Waals surface area contributed by atoms with Gasteiger partial charge in [0.25, 0.3) is 0 Å². The average Bonchev–Trinajstić information content (AvgIpc) is 2.69. The third-order valence-corrected chi connectivity index (χ3v) is 4.39. The number of nitrogens with zero attached hydrogens (tertiary/aromatic N) is 1. The lowest BCUT2D eigenvalue weighted by molar-refractivity contribution is 0.731. The summed E-state index contributed by atoms with van der Waals surface area (Å²) in [6, 6.07) is 4.25. The number of hydrogen-bond acceptors (Lipinski definition) is 1. The van der Waals surface area contributed by atoms with E-state index in [1.807, 2.05) is 40.7 Å². The maximum atomic E-state index is 4.62. The van der Waals surface area contributed by atoms with Crippen LogP contribution in [-0.4, -0.2) is 4.98 Å². The quantitative estimate of drug-likeness (QED) is 0.620. The van der Waals surface area contributed by atoms with Crippen molar-refractivity contribution < 1.29 is 0 Å². The fraction of sp³-hybridized carbons (Fsp3) is 0.480. The smallest absolute Gasteiger partial charge is 0.0630 e. The van der Waals surface area contributed by atoms with Crippen LogP contribution < -0.4 is 10.6 Å². The zero-order valence-corrected chi connectivity index (χ0v) is 18.2. The molecule has 0 unspecified atom stereocenters. The minimum Gasteiger partial charge on any atom is -0.253 e. The highest BCUT2D eigenvalue weighted by atomic mass is 14.7. The third kappa shape index (κ3) is 7.15. The topological polar surface area (TPSA) is 12.9 Å². The van der Waals surface area contributed by atoms with Crippen molar-refractivity contribution in [3.8, 4) is 0 Å². The van der Waals surface area contributed by atoms with E-state index in [1.54, 1.807) is 0 Å². The van der Waals surface area contributed by atoms with Crippen molar-refractivity contribution in [2.24, 2.45) is 5.92 Å². The van der Waals surface area contributed by atoms with Crippen LogP contribution in [0.5, 0.6) is 0 Å². The molecule has 0 atom stereocenters. The van der Waals surface area contributed by atoms with Crippen molar-refractivity contribution >= 4 is 12.7 Å². The second-order valence-corrected chi connectivity index (χ2v) is 6.27. The van der Waals surface area contributed by atoms with Gasteiger partial charge in [-0.25, -0.2) is 0 Å². The Bertz CT molecular complexity index is 717. The molecule has 2 rings (SSSR count). The second-order valence-electron chi connectivity index (χ2n) is 6.27. The molecule has 1 heteroatoms. The van der Waals surface area contributed by atoms with Crippen LogP contribution in [0.25, 0.3) is 12.7 Å². The minimum absolute atomic E-state index is 0.562. The van der Waals surface area contributed by atoms with Crippen molar-refractivity contribution in [2.75, 3.05) is 0 Å². The van der Waals surface area contributed by atoms with Crippen LogP contribution in [-0.2, 0) is 6.42 Å². The molecule has 0 spiro atoms. The summed E-state index contributed by atoms with van der Waals surface area (Å²) in [5.74, 6) is 0.562. The normalized spacial score (nSPS) is 14.2. The Morgan fingerprint density at radius 1 is 1.08 bits per heavy atom. The van der Waals surface area contributed by atoms with Crippen LogP contribution in [0.3, 0.4) is 0 Å². The van der Waals surface area contributed by atoms with Crippen LogP contribution in [0.2, 0.25) is 0 Å². The summed E-state index contributed by atoms with van der Waals surface area (Å²) in [7, 11) is 0. The molecule has 0 N–H and O–H groups in total. The van der Waals surface area contributed by atoms with Gasteiger partial charge in [0, 0.05) is 5.69 Å². The van der Waals surface area contributed by atoms with Gasteiger partial charge in [0.2, 0.25) is 0 Å². The monoisotopic (exact) mass is 353 g/mol. The van der Waals surface area contributed by atoms with Crippen LogP contribution in [0, 0.1) is 5.92 Å². The van der Waals surface area contributed by atoms with Gasteiger partial charge in [-0.15, -0.1) is 0 Å². The zero-order chi connectivity index (χ0) is 20.1. The molecule has 0 aliphatic heterocycles. The highest BCUT2D eigenvalue weighted by Gasteiger charge is 2.14. The summed E-state index contributed by atoms with van der Waals surface area (Å²) < 4.78 is 0. The number of aryl methyl sites for hydroxylation is 1. The van der Waals surface area contributed by atoms with Gasteiger partial charge >= 0.3 is 0 Å². The molecule has 1 aromatic rings. The Morgan fingerprint density at radius 2 is 1.73 bits per heavy atom. The summed E-state index contributed by atoms with van der Waals surface area (Å²) in [6.45, 7) is 22.5. The first-order chi connectivity index (χ1) is 12.5. The molecular formula is C25H39N. The summed E-state index contributed by atoms with van der Waals surface area (Å²) in [5, 5.41) is 2.01. The van der Waals surface area contributed by atoms with Crippen LogP contribution in [0.15, 0.2) is 47.6 Å². The van der Waals surface area contributed by atoms with Gasteiger partial charge in [-0.2, -0.15) is 0 Å². The van der Waals surface area contributed by atoms with Crippen molar-refractivity contribution in [1.82, 2.24) is 4.98 Å². The van der Waals surface area contributed by atoms with Crippen LogP contribution in [0.1, 0.15) is 73.4 Å². The minimum atomic E-state index is 0.562. The summed E-state index contributed by atoms with van der Waals surface area (Å²) in [4.78, 5) is 4.62. The Balaban J connectivity index is 0.00000146. The average molecular weight is 354 g/mol. The van der Waals surface area contributed by atoms with E-state index in [0.717, 1.165) is 41.9 Å². The predicted octanol–water partition coefficient (Wildman–Crippen LogP) is 6.14. The Kier molecular flexibility index (Phi) is 12.4. The largest absolute Gasteiger partial charge is 0.253 e. The molecule has 0 saturated carbocycles. The van der Waals surface area contributed by atoms with E-state index < -0.39 is 0 Å². The summed E-state index contributed by atoms with van der Waals surface area (Å²) in [5.41, 5.74) is 5.55. The number of pyridine rings is 1. The van der Waals surface area contributed by atoms with Gasteiger partial charge in [-0.1, -0.05) is 84.6 Å². The van der Waals surface area contributed by atoms with Crippen molar-refractivity contribution in [2.45, 2.75) is 74.1 Å². The molecule has 0 aromatic carbocycles. The number of rotatable bonds is 5. The third-order valence-electron chi connectivity index (χ3n) is 4.39. The molecule has 144 valence electrons. The number of hydrogen-bond donors (Lipinski definition) is 0. The lowest BCUT2D eigenvalue weighted by Crippen LogP contribution is -2.27. The van der Waals surface area contributed by atoms with Crippen LogP contribution >= 0.6 is 0 Å². The summed E-state index contributed by atoms with van der Waals surface area (Å²) in [6.07, 6.45) is 10.8. The Labute approximate surface area is 162 Å². The van der Waals surface area contributed by atoms with Crippen molar-refractivity contribution in [3.63, 3.8) is 0 Å². The molecule has 1 heterocycles. The van der Waals surface area contributed by atoms with E-state index in [-0.39, 0.29) is 0 Å². The van der Waals surface area contributed by atoms with E-state index in [2.05, 4.69) is 56.3 Å². The van der Waals surface area contributed by atoms with E-state index in [1.165, 1.54) is 16.7 Å². The highest BCUT2D eigenvalue weighted by molar-refractivity contribution is 5.39. The molecule has 1 aromatic heterocycles. The number of allylic oxidation sites excluding steroid dienone is 5. The maximum Gasteiger partial charge on any atom is 0.0630 e. The second kappa shape index (κ2) is 13.3. The molecule has 1 nitrogen and oxygen atoms in total. The molecular weight excluding hydrogens is 314 g/mol. The van der Waals surface area contributed by atoms with E-state index in [0.29, 0.717) is 5.92 Å². The fourth-order valence-electron chi connectivity index (χ4n) is 3.03. The predicted molar refractivity (Wildman–Crippen MR) is 120 cm³/mol. The van der Waals surface area contributed by atoms with Gasteiger partial charge in [0.1, 0.15) is 0 Å². The first-order valence-electron chi connectivity index (χ1n) is 10.2. The van der Waals surface area contributed by atoms with Crippen LogP contribution in [0.4, 0.5) is 0 Å². The van der Waals surface area contributed by atoms with Crippen molar-refractivity contribution in [3.05, 3.63) is 63.8 Å². The fourth-order valence-corrected chi connectivity index (χ4v) is 3.03. The van der Waals surface area contributed by atoms with Gasteiger partial charge < -0.3 is 0 Å². The highest BCUT2D eigenvalue weighted by Crippen LogP contribution is 2.31. The van der Waals surface area contributed by atoms with E-state index in [9.17, 15) is 0 Å². The maximum absolute atomic E-state index is 4.62. The molecule has 26 heavy (non-hydrogen) atoms.